The van der Waals surface area contributed by atoms with Gasteiger partial charge in [-0.25, -0.2) is 4.79 Å². The average molecular weight is 367 g/mol. The van der Waals surface area contributed by atoms with Crippen LogP contribution in [0.5, 0.6) is 0 Å². The molecule has 2 aromatic rings. The van der Waals surface area contributed by atoms with Crippen molar-refractivity contribution in [3.8, 4) is 0 Å². The summed E-state index contributed by atoms with van der Waals surface area (Å²) in [5.41, 5.74) is 6.21. The number of carbonyl (C=O) groups is 1. The SMILES string of the molecule is CN(C)Cc1ccc(CNC(=O)NCc2ccc3c(c2)CCCN3C)cc1. The van der Waals surface area contributed by atoms with Gasteiger partial charge in [0.2, 0.25) is 0 Å². The zero-order chi connectivity index (χ0) is 19.2. The molecule has 0 bridgehead atoms. The first-order chi connectivity index (χ1) is 13.0. The Morgan fingerprint density at radius 1 is 1.00 bits per heavy atom. The molecule has 2 aromatic carbocycles. The lowest BCUT2D eigenvalue weighted by molar-refractivity contribution is 0.240. The Morgan fingerprint density at radius 3 is 2.33 bits per heavy atom. The largest absolute Gasteiger partial charge is 0.374 e. The van der Waals surface area contributed by atoms with Crippen molar-refractivity contribution in [3.05, 3.63) is 64.7 Å². The number of fused-ring (bicyclic) bond motifs is 1. The van der Waals surface area contributed by atoms with Crippen LogP contribution in [0.1, 0.15) is 28.7 Å². The second kappa shape index (κ2) is 8.91. The normalized spacial score (nSPS) is 13.4. The summed E-state index contributed by atoms with van der Waals surface area (Å²) < 4.78 is 0. The fourth-order valence-electron chi connectivity index (χ4n) is 3.50. The Hall–Kier alpha value is -2.53. The van der Waals surface area contributed by atoms with E-state index < -0.39 is 0 Å². The predicted octanol–water partition coefficient (Wildman–Crippen LogP) is 3.13. The van der Waals surface area contributed by atoms with E-state index in [9.17, 15) is 4.79 Å². The van der Waals surface area contributed by atoms with Gasteiger partial charge in [0.25, 0.3) is 0 Å². The zero-order valence-electron chi connectivity index (χ0n) is 16.6. The molecule has 27 heavy (non-hydrogen) atoms. The smallest absolute Gasteiger partial charge is 0.315 e. The van der Waals surface area contributed by atoms with Crippen LogP contribution in [0.15, 0.2) is 42.5 Å². The van der Waals surface area contributed by atoms with Gasteiger partial charge >= 0.3 is 6.03 Å². The van der Waals surface area contributed by atoms with E-state index in [1.165, 1.54) is 23.2 Å². The monoisotopic (exact) mass is 366 g/mol. The number of benzene rings is 2. The zero-order valence-corrected chi connectivity index (χ0v) is 16.6. The third-order valence-electron chi connectivity index (χ3n) is 4.92. The molecule has 5 nitrogen and oxygen atoms in total. The summed E-state index contributed by atoms with van der Waals surface area (Å²) in [5, 5.41) is 5.88. The molecule has 1 heterocycles. The number of aryl methyl sites for hydroxylation is 1. The lowest BCUT2D eigenvalue weighted by Gasteiger charge is -2.27. The molecule has 0 unspecified atom stereocenters. The molecule has 0 aromatic heterocycles. The predicted molar refractivity (Wildman–Crippen MR) is 111 cm³/mol. The van der Waals surface area contributed by atoms with E-state index in [2.05, 4.69) is 84.0 Å². The number of urea groups is 1. The number of anilines is 1. The van der Waals surface area contributed by atoms with Gasteiger partial charge in [-0.2, -0.15) is 0 Å². The molecule has 5 heteroatoms. The molecule has 1 aliphatic heterocycles. The molecule has 2 N–H and O–H groups in total. The summed E-state index contributed by atoms with van der Waals surface area (Å²) in [4.78, 5) is 16.5. The number of nitrogens with one attached hydrogen (secondary N) is 2. The van der Waals surface area contributed by atoms with Gasteiger partial charge in [0, 0.05) is 38.9 Å². The minimum Gasteiger partial charge on any atom is -0.374 e. The minimum atomic E-state index is -0.137. The molecule has 0 fully saturated rings. The number of amides is 2. The Balaban J connectivity index is 1.46. The van der Waals surface area contributed by atoms with E-state index in [4.69, 9.17) is 0 Å². The number of carbonyl (C=O) groups excluding carboxylic acids is 1. The van der Waals surface area contributed by atoms with E-state index in [1.54, 1.807) is 0 Å². The molecule has 1 aliphatic rings. The van der Waals surface area contributed by atoms with Crippen LogP contribution in [0.25, 0.3) is 0 Å². The summed E-state index contributed by atoms with van der Waals surface area (Å²) in [6, 6.07) is 14.7. The maximum absolute atomic E-state index is 12.1. The Bertz CT molecular complexity index is 770. The molecule has 2 amide bonds. The van der Waals surface area contributed by atoms with Crippen molar-refractivity contribution in [2.75, 3.05) is 32.6 Å². The first-order valence-electron chi connectivity index (χ1n) is 9.58. The van der Waals surface area contributed by atoms with E-state index in [0.29, 0.717) is 13.1 Å². The van der Waals surface area contributed by atoms with E-state index >= 15 is 0 Å². The molecule has 0 aliphatic carbocycles. The summed E-state index contributed by atoms with van der Waals surface area (Å²) in [6.45, 7) is 3.11. The van der Waals surface area contributed by atoms with Gasteiger partial charge < -0.3 is 20.4 Å². The fraction of sp³-hybridized carbons (Fsp3) is 0.409. The van der Waals surface area contributed by atoms with Crippen LogP contribution < -0.4 is 15.5 Å². The van der Waals surface area contributed by atoms with E-state index in [1.807, 2.05) is 0 Å². The maximum atomic E-state index is 12.1. The maximum Gasteiger partial charge on any atom is 0.315 e. The Kier molecular flexibility index (Phi) is 6.35. The topological polar surface area (TPSA) is 47.6 Å². The highest BCUT2D eigenvalue weighted by molar-refractivity contribution is 5.73. The van der Waals surface area contributed by atoms with Gasteiger partial charge in [-0.15, -0.1) is 0 Å². The molecule has 3 rings (SSSR count). The minimum absolute atomic E-state index is 0.137. The molecule has 0 radical (unpaired) electrons. The first kappa shape index (κ1) is 19.2. The summed E-state index contributed by atoms with van der Waals surface area (Å²) in [7, 11) is 6.25. The van der Waals surface area contributed by atoms with Crippen LogP contribution in [0, 0.1) is 0 Å². The fourth-order valence-corrected chi connectivity index (χ4v) is 3.50. The van der Waals surface area contributed by atoms with E-state index in [-0.39, 0.29) is 6.03 Å². The standard InChI is InChI=1S/C22H30N4O/c1-25(2)16-18-8-6-17(7-9-18)14-23-22(27)24-15-19-10-11-21-20(13-19)5-4-12-26(21)3/h6-11,13H,4-5,12,14-16H2,1-3H3,(H2,23,24,27). The Morgan fingerprint density at radius 2 is 1.63 bits per heavy atom. The summed E-state index contributed by atoms with van der Waals surface area (Å²) in [6.07, 6.45) is 2.30. The number of hydrogen-bond acceptors (Lipinski definition) is 3. The van der Waals surface area contributed by atoms with Crippen LogP contribution >= 0.6 is 0 Å². The van der Waals surface area contributed by atoms with Crippen molar-refractivity contribution in [1.29, 1.82) is 0 Å². The highest BCUT2D eigenvalue weighted by atomic mass is 16.2. The highest BCUT2D eigenvalue weighted by Crippen LogP contribution is 2.26. The first-order valence-corrected chi connectivity index (χ1v) is 9.58. The lowest BCUT2D eigenvalue weighted by Crippen LogP contribution is -2.34. The van der Waals surface area contributed by atoms with Crippen molar-refractivity contribution in [2.24, 2.45) is 0 Å². The molecule has 0 atom stereocenters. The summed E-state index contributed by atoms with van der Waals surface area (Å²) >= 11 is 0. The quantitative estimate of drug-likeness (QED) is 0.826. The number of rotatable bonds is 6. The molecular formula is C22H30N4O. The number of nitrogens with zero attached hydrogens (tertiary/aromatic N) is 2. The van der Waals surface area contributed by atoms with Crippen LogP contribution in [-0.4, -0.2) is 38.6 Å². The van der Waals surface area contributed by atoms with Crippen LogP contribution in [0.3, 0.4) is 0 Å². The van der Waals surface area contributed by atoms with Crippen molar-refractivity contribution < 1.29 is 4.79 Å². The second-order valence-electron chi connectivity index (χ2n) is 7.58. The van der Waals surface area contributed by atoms with Gasteiger partial charge in [0.1, 0.15) is 0 Å². The highest BCUT2D eigenvalue weighted by Gasteiger charge is 2.13. The lowest BCUT2D eigenvalue weighted by atomic mass is 9.99. The van der Waals surface area contributed by atoms with Crippen LogP contribution in [-0.2, 0) is 26.1 Å². The van der Waals surface area contributed by atoms with E-state index in [0.717, 1.165) is 30.6 Å². The third-order valence-corrected chi connectivity index (χ3v) is 4.92. The molecular weight excluding hydrogens is 336 g/mol. The van der Waals surface area contributed by atoms with Crippen LogP contribution in [0.2, 0.25) is 0 Å². The van der Waals surface area contributed by atoms with Crippen molar-refractivity contribution in [3.63, 3.8) is 0 Å². The van der Waals surface area contributed by atoms with Gasteiger partial charge in [-0.3, -0.25) is 0 Å². The molecule has 0 saturated heterocycles. The average Bonchev–Trinajstić information content (AvgIpc) is 2.65. The van der Waals surface area contributed by atoms with Gasteiger partial charge in [0.15, 0.2) is 0 Å². The number of hydrogen-bond donors (Lipinski definition) is 2. The summed E-state index contributed by atoms with van der Waals surface area (Å²) in [5.74, 6) is 0. The Labute approximate surface area is 162 Å². The van der Waals surface area contributed by atoms with Gasteiger partial charge in [-0.05, 0) is 55.3 Å². The molecule has 144 valence electrons. The van der Waals surface area contributed by atoms with Crippen molar-refractivity contribution in [1.82, 2.24) is 15.5 Å². The second-order valence-corrected chi connectivity index (χ2v) is 7.58. The molecule has 0 spiro atoms. The molecule has 0 saturated carbocycles. The van der Waals surface area contributed by atoms with Gasteiger partial charge in [0.05, 0.1) is 0 Å². The van der Waals surface area contributed by atoms with Gasteiger partial charge in [-0.1, -0.05) is 36.4 Å². The van der Waals surface area contributed by atoms with Crippen molar-refractivity contribution in [2.45, 2.75) is 32.5 Å². The third kappa shape index (κ3) is 5.47. The van der Waals surface area contributed by atoms with Crippen molar-refractivity contribution >= 4 is 11.7 Å². The van der Waals surface area contributed by atoms with Crippen LogP contribution in [0.4, 0.5) is 10.5 Å².